The lowest BCUT2D eigenvalue weighted by atomic mass is 9.97. The lowest BCUT2D eigenvalue weighted by Gasteiger charge is -2.33. The number of aromatic amines is 2. The highest BCUT2D eigenvalue weighted by Crippen LogP contribution is 2.37. The van der Waals surface area contributed by atoms with Crippen LogP contribution in [0.3, 0.4) is 0 Å². The number of pyridine rings is 1. The second-order valence-corrected chi connectivity index (χ2v) is 10.7. The number of hydrogen-bond acceptors (Lipinski definition) is 7. The van der Waals surface area contributed by atoms with Gasteiger partial charge < -0.3 is 29.2 Å². The largest absolute Gasteiger partial charge is 0.493 e. The molecule has 0 aliphatic carbocycles. The first-order valence-corrected chi connectivity index (χ1v) is 13.8. The molecule has 3 aromatic heterocycles. The highest BCUT2D eigenvalue weighted by atomic mass is 16.5. The quantitative estimate of drug-likeness (QED) is 0.336. The minimum Gasteiger partial charge on any atom is -0.493 e. The average molecular weight is 529 g/mol. The zero-order valence-corrected chi connectivity index (χ0v) is 22.9. The maximum absolute atomic E-state index is 12.8. The van der Waals surface area contributed by atoms with Gasteiger partial charge in [-0.15, -0.1) is 0 Å². The van der Waals surface area contributed by atoms with Crippen LogP contribution in [-0.2, 0) is 4.74 Å². The highest BCUT2D eigenvalue weighted by molar-refractivity contribution is 6.05. The average Bonchev–Trinajstić information content (AvgIpc) is 3.53. The number of ketones is 1. The van der Waals surface area contributed by atoms with Crippen LogP contribution in [0.2, 0.25) is 0 Å². The molecular formula is C30H36N6O3. The van der Waals surface area contributed by atoms with Crippen LogP contribution >= 0.6 is 0 Å². The number of nitrogens with zero attached hydrogens (tertiary/aromatic N) is 4. The Labute approximate surface area is 228 Å². The van der Waals surface area contributed by atoms with Crippen LogP contribution in [0.5, 0.6) is 5.75 Å². The molecule has 2 fully saturated rings. The number of anilines is 1. The molecule has 9 heteroatoms. The van der Waals surface area contributed by atoms with Crippen molar-refractivity contribution in [3.8, 4) is 28.4 Å². The van der Waals surface area contributed by atoms with E-state index in [0.717, 1.165) is 91.8 Å². The standard InChI is InChI=1S/C30H36N6O3/c1-19-26(20(2)37)27(22-4-6-23(7-5-22)39-18-21-10-16-38-17-11-21)28(31-19)30-32-24-8-9-25(33-29(24)34-30)36-14-12-35(3)13-15-36/h4-9,21,31H,10-18H2,1-3H3,(H,32,33,34). The van der Waals surface area contributed by atoms with E-state index < -0.39 is 0 Å². The third-order valence-electron chi connectivity index (χ3n) is 7.90. The van der Waals surface area contributed by atoms with Crippen molar-refractivity contribution in [3.63, 3.8) is 0 Å². The van der Waals surface area contributed by atoms with E-state index in [1.807, 2.05) is 37.3 Å². The predicted octanol–water partition coefficient (Wildman–Crippen LogP) is 4.69. The van der Waals surface area contributed by atoms with E-state index in [1.165, 1.54) is 0 Å². The van der Waals surface area contributed by atoms with Crippen molar-refractivity contribution in [1.29, 1.82) is 0 Å². The molecule has 0 unspecified atom stereocenters. The Kier molecular flexibility index (Phi) is 7.10. The summed E-state index contributed by atoms with van der Waals surface area (Å²) in [5, 5.41) is 0. The van der Waals surface area contributed by atoms with Gasteiger partial charge in [-0.3, -0.25) is 4.79 Å². The number of carbonyl (C=O) groups excluding carboxylic acids is 1. The van der Waals surface area contributed by atoms with E-state index in [2.05, 4.69) is 32.9 Å². The van der Waals surface area contributed by atoms with Crippen molar-refractivity contribution in [3.05, 3.63) is 47.7 Å². The van der Waals surface area contributed by atoms with E-state index in [1.54, 1.807) is 6.92 Å². The first-order chi connectivity index (χ1) is 19.0. The minimum absolute atomic E-state index is 0.0106. The topological polar surface area (TPSA) is 99.4 Å². The number of nitrogens with one attached hydrogen (secondary N) is 2. The van der Waals surface area contributed by atoms with Crippen LogP contribution in [0.25, 0.3) is 33.8 Å². The summed E-state index contributed by atoms with van der Waals surface area (Å²) in [6.45, 7) is 9.78. The van der Waals surface area contributed by atoms with Crippen LogP contribution in [-0.4, -0.2) is 83.7 Å². The second-order valence-electron chi connectivity index (χ2n) is 10.7. The molecule has 2 aliphatic heterocycles. The number of fused-ring (bicyclic) bond motifs is 1. The molecular weight excluding hydrogens is 492 g/mol. The molecule has 4 aromatic rings. The first kappa shape index (κ1) is 25.6. The van der Waals surface area contributed by atoms with E-state index in [9.17, 15) is 4.79 Å². The van der Waals surface area contributed by atoms with Crippen LogP contribution in [0.1, 0.15) is 35.8 Å². The van der Waals surface area contributed by atoms with Gasteiger partial charge in [0, 0.05) is 56.2 Å². The van der Waals surface area contributed by atoms with Gasteiger partial charge in [0.05, 0.1) is 17.8 Å². The Morgan fingerprint density at radius 3 is 2.49 bits per heavy atom. The fraction of sp³-hybridized carbons (Fsp3) is 0.433. The van der Waals surface area contributed by atoms with Gasteiger partial charge in [0.25, 0.3) is 0 Å². The summed E-state index contributed by atoms with van der Waals surface area (Å²) in [7, 11) is 2.15. The first-order valence-electron chi connectivity index (χ1n) is 13.8. The minimum atomic E-state index is 0.0106. The predicted molar refractivity (Wildman–Crippen MR) is 153 cm³/mol. The molecule has 2 saturated heterocycles. The number of aryl methyl sites for hydroxylation is 1. The van der Waals surface area contributed by atoms with Crippen molar-refractivity contribution in [2.24, 2.45) is 5.92 Å². The summed E-state index contributed by atoms with van der Waals surface area (Å²) in [6, 6.07) is 12.1. The molecule has 9 nitrogen and oxygen atoms in total. The van der Waals surface area contributed by atoms with E-state index >= 15 is 0 Å². The zero-order valence-electron chi connectivity index (χ0n) is 22.9. The number of ether oxygens (including phenoxy) is 2. The van der Waals surface area contributed by atoms with Crippen molar-refractivity contribution in [2.45, 2.75) is 26.7 Å². The number of piperazine rings is 1. The highest BCUT2D eigenvalue weighted by Gasteiger charge is 2.24. The maximum Gasteiger partial charge on any atom is 0.180 e. The van der Waals surface area contributed by atoms with E-state index in [-0.39, 0.29) is 5.78 Å². The van der Waals surface area contributed by atoms with Crippen LogP contribution in [0.4, 0.5) is 5.82 Å². The number of aromatic nitrogens is 4. The normalized spacial score (nSPS) is 17.2. The number of likely N-dealkylation sites (N-methyl/N-ethyl adjacent to an activating group) is 1. The number of carbonyl (C=O) groups is 1. The number of benzene rings is 1. The zero-order chi connectivity index (χ0) is 26.9. The van der Waals surface area contributed by atoms with E-state index in [4.69, 9.17) is 19.4 Å². The Hall–Kier alpha value is -3.69. The monoisotopic (exact) mass is 528 g/mol. The lowest BCUT2D eigenvalue weighted by Crippen LogP contribution is -2.44. The Morgan fingerprint density at radius 1 is 1.03 bits per heavy atom. The molecule has 0 spiro atoms. The number of hydrogen-bond donors (Lipinski definition) is 2. The Morgan fingerprint density at radius 2 is 1.77 bits per heavy atom. The molecule has 0 bridgehead atoms. The number of H-pyrrole nitrogens is 2. The molecule has 1 aromatic carbocycles. The van der Waals surface area contributed by atoms with Gasteiger partial charge in [-0.25, -0.2) is 9.97 Å². The van der Waals surface area contributed by atoms with Gasteiger partial charge >= 0.3 is 0 Å². The summed E-state index contributed by atoms with van der Waals surface area (Å²) >= 11 is 0. The van der Waals surface area contributed by atoms with Gasteiger partial charge in [0.1, 0.15) is 11.6 Å². The molecule has 204 valence electrons. The molecule has 0 amide bonds. The van der Waals surface area contributed by atoms with Gasteiger partial charge in [0.15, 0.2) is 17.3 Å². The molecule has 0 atom stereocenters. The van der Waals surface area contributed by atoms with Gasteiger partial charge in [-0.1, -0.05) is 12.1 Å². The van der Waals surface area contributed by atoms with Gasteiger partial charge in [-0.05, 0) is 69.5 Å². The number of Topliss-reactive ketones (excluding diaryl/α,β-unsaturated/α-hetero) is 1. The number of imidazole rings is 1. The molecule has 6 rings (SSSR count). The second kappa shape index (κ2) is 10.8. The summed E-state index contributed by atoms with van der Waals surface area (Å²) in [5.41, 5.74) is 5.58. The summed E-state index contributed by atoms with van der Waals surface area (Å²) < 4.78 is 11.5. The molecule has 39 heavy (non-hydrogen) atoms. The maximum atomic E-state index is 12.8. The lowest BCUT2D eigenvalue weighted by molar-refractivity contribution is 0.0497. The van der Waals surface area contributed by atoms with Gasteiger partial charge in [0.2, 0.25) is 0 Å². The van der Waals surface area contributed by atoms with Crippen molar-refractivity contribution in [1.82, 2.24) is 24.8 Å². The van der Waals surface area contributed by atoms with Crippen LogP contribution < -0.4 is 9.64 Å². The summed E-state index contributed by atoms with van der Waals surface area (Å²) in [6.07, 6.45) is 2.07. The van der Waals surface area contributed by atoms with Crippen molar-refractivity contribution in [2.75, 3.05) is 57.9 Å². The summed E-state index contributed by atoms with van der Waals surface area (Å²) in [5.74, 6) is 2.97. The fourth-order valence-electron chi connectivity index (χ4n) is 5.59. The van der Waals surface area contributed by atoms with Crippen LogP contribution in [0.15, 0.2) is 36.4 Å². The Bertz CT molecular complexity index is 1460. The Balaban J connectivity index is 1.30. The third-order valence-corrected chi connectivity index (χ3v) is 7.90. The smallest absolute Gasteiger partial charge is 0.180 e. The molecule has 2 aliphatic rings. The number of rotatable bonds is 7. The van der Waals surface area contributed by atoms with Crippen LogP contribution in [0, 0.1) is 12.8 Å². The van der Waals surface area contributed by atoms with Crippen molar-refractivity contribution >= 4 is 22.8 Å². The fourth-order valence-corrected chi connectivity index (χ4v) is 5.59. The molecule has 2 N–H and O–H groups in total. The summed E-state index contributed by atoms with van der Waals surface area (Å²) in [4.78, 5) is 34.0. The van der Waals surface area contributed by atoms with Gasteiger partial charge in [-0.2, -0.15) is 0 Å². The third kappa shape index (κ3) is 5.29. The molecule has 0 saturated carbocycles. The van der Waals surface area contributed by atoms with E-state index in [0.29, 0.717) is 29.6 Å². The van der Waals surface area contributed by atoms with Crippen molar-refractivity contribution < 1.29 is 14.3 Å². The molecule has 0 radical (unpaired) electrons. The SMILES string of the molecule is CC(=O)c1c(C)[nH]c(-c2nc3nc(N4CCN(C)CC4)ccc3[nH]2)c1-c1ccc(OCC2CCOCC2)cc1. The molecule has 5 heterocycles.